The number of pyridine rings is 1. The normalized spacial score (nSPS) is 10.1. The fraction of sp³-hybridized carbons (Fsp3) is 0.267. The molecule has 3 nitrogen and oxygen atoms in total. The van der Waals surface area contributed by atoms with Gasteiger partial charge in [0.15, 0.2) is 0 Å². The third-order valence-corrected chi connectivity index (χ3v) is 2.58. The van der Waals surface area contributed by atoms with Crippen molar-refractivity contribution in [2.75, 3.05) is 18.5 Å². The summed E-state index contributed by atoms with van der Waals surface area (Å²) in [5, 5.41) is 3.22. The first-order chi connectivity index (χ1) is 8.74. The number of rotatable bonds is 5. The molecule has 0 bridgehead atoms. The van der Waals surface area contributed by atoms with Crippen molar-refractivity contribution < 1.29 is 4.74 Å². The zero-order valence-corrected chi connectivity index (χ0v) is 10.8. The molecule has 3 heteroatoms. The molecule has 0 saturated carbocycles. The van der Waals surface area contributed by atoms with Crippen molar-refractivity contribution in [1.82, 2.24) is 4.98 Å². The number of anilines is 1. The summed E-state index contributed by atoms with van der Waals surface area (Å²) in [5.74, 6) is 1.79. The van der Waals surface area contributed by atoms with E-state index < -0.39 is 0 Å². The van der Waals surface area contributed by atoms with Crippen LogP contribution < -0.4 is 10.1 Å². The zero-order chi connectivity index (χ0) is 12.8. The van der Waals surface area contributed by atoms with Gasteiger partial charge >= 0.3 is 0 Å². The fourth-order valence-electron chi connectivity index (χ4n) is 1.63. The van der Waals surface area contributed by atoms with Crippen LogP contribution in [-0.4, -0.2) is 18.1 Å². The van der Waals surface area contributed by atoms with Gasteiger partial charge in [0.25, 0.3) is 0 Å². The molecule has 2 aromatic rings. The number of hydrogen-bond acceptors (Lipinski definition) is 3. The maximum Gasteiger partial charge on any atom is 0.126 e. The Bertz CT molecular complexity index is 494. The minimum Gasteiger partial charge on any atom is -0.492 e. The maximum absolute atomic E-state index is 5.64. The highest BCUT2D eigenvalue weighted by Crippen LogP contribution is 2.12. The van der Waals surface area contributed by atoms with E-state index in [2.05, 4.69) is 23.3 Å². The third-order valence-electron chi connectivity index (χ3n) is 2.58. The van der Waals surface area contributed by atoms with Crippen LogP contribution in [0.4, 0.5) is 5.82 Å². The van der Waals surface area contributed by atoms with Gasteiger partial charge in [-0.15, -0.1) is 0 Å². The average Bonchev–Trinajstić information content (AvgIpc) is 2.37. The minimum absolute atomic E-state index is 0.624. The molecule has 0 aliphatic rings. The van der Waals surface area contributed by atoms with E-state index in [1.807, 2.05) is 43.5 Å². The fourth-order valence-corrected chi connectivity index (χ4v) is 1.63. The van der Waals surface area contributed by atoms with Crippen molar-refractivity contribution in [3.63, 3.8) is 0 Å². The Hall–Kier alpha value is -2.03. The molecule has 0 unspecified atom stereocenters. The quantitative estimate of drug-likeness (QED) is 0.818. The molecule has 1 N–H and O–H groups in total. The highest BCUT2D eigenvalue weighted by atomic mass is 16.5. The third kappa shape index (κ3) is 3.77. The van der Waals surface area contributed by atoms with Gasteiger partial charge in [0.05, 0.1) is 6.54 Å². The van der Waals surface area contributed by atoms with Crippen molar-refractivity contribution >= 4 is 5.82 Å². The number of nitrogens with one attached hydrogen (secondary N) is 1. The predicted molar refractivity (Wildman–Crippen MR) is 74.1 cm³/mol. The Morgan fingerprint density at radius 3 is 2.72 bits per heavy atom. The van der Waals surface area contributed by atoms with Crippen LogP contribution in [0.25, 0.3) is 0 Å². The Labute approximate surface area is 108 Å². The summed E-state index contributed by atoms with van der Waals surface area (Å²) in [4.78, 5) is 4.27. The van der Waals surface area contributed by atoms with Gasteiger partial charge in [-0.25, -0.2) is 4.98 Å². The first-order valence-electron chi connectivity index (χ1n) is 6.10. The van der Waals surface area contributed by atoms with Crippen LogP contribution in [0.3, 0.4) is 0 Å². The van der Waals surface area contributed by atoms with Crippen molar-refractivity contribution in [3.05, 3.63) is 53.7 Å². The van der Waals surface area contributed by atoms with Gasteiger partial charge in [-0.1, -0.05) is 18.2 Å². The molecule has 1 aromatic heterocycles. The number of ether oxygens (including phenoxy) is 1. The molecule has 0 atom stereocenters. The topological polar surface area (TPSA) is 34.1 Å². The van der Waals surface area contributed by atoms with Gasteiger partial charge in [0, 0.05) is 6.20 Å². The first kappa shape index (κ1) is 12.4. The van der Waals surface area contributed by atoms with Crippen LogP contribution in [0.15, 0.2) is 42.6 Å². The number of aromatic nitrogens is 1. The number of benzene rings is 1. The van der Waals surface area contributed by atoms with Gasteiger partial charge in [0.1, 0.15) is 18.2 Å². The summed E-state index contributed by atoms with van der Waals surface area (Å²) >= 11 is 0. The van der Waals surface area contributed by atoms with E-state index in [-0.39, 0.29) is 0 Å². The summed E-state index contributed by atoms with van der Waals surface area (Å²) in [6.07, 6.45) is 1.85. The molecule has 18 heavy (non-hydrogen) atoms. The van der Waals surface area contributed by atoms with E-state index in [9.17, 15) is 0 Å². The molecule has 0 amide bonds. The van der Waals surface area contributed by atoms with E-state index in [0.29, 0.717) is 6.61 Å². The second-order valence-electron chi connectivity index (χ2n) is 4.31. The smallest absolute Gasteiger partial charge is 0.126 e. The van der Waals surface area contributed by atoms with Crippen LogP contribution in [0.2, 0.25) is 0 Å². The highest BCUT2D eigenvalue weighted by molar-refractivity contribution is 5.35. The molecule has 0 fully saturated rings. The molecule has 0 radical (unpaired) electrons. The lowest BCUT2D eigenvalue weighted by Gasteiger charge is -2.08. The van der Waals surface area contributed by atoms with Crippen LogP contribution in [0, 0.1) is 13.8 Å². The lowest BCUT2D eigenvalue weighted by molar-refractivity contribution is 0.332. The largest absolute Gasteiger partial charge is 0.492 e. The van der Waals surface area contributed by atoms with Crippen LogP contribution >= 0.6 is 0 Å². The van der Waals surface area contributed by atoms with Crippen LogP contribution in [0.5, 0.6) is 5.75 Å². The zero-order valence-electron chi connectivity index (χ0n) is 10.8. The lowest BCUT2D eigenvalue weighted by Crippen LogP contribution is -2.12. The molecule has 0 aliphatic heterocycles. The molecular formula is C15H18N2O. The van der Waals surface area contributed by atoms with Gasteiger partial charge < -0.3 is 10.1 Å². The van der Waals surface area contributed by atoms with E-state index in [4.69, 9.17) is 4.74 Å². The predicted octanol–water partition coefficient (Wildman–Crippen LogP) is 3.19. The number of hydrogen-bond donors (Lipinski definition) is 1. The molecule has 0 spiro atoms. The SMILES string of the molecule is Cc1ccc(NCCOc2cccc(C)c2)nc1. The monoisotopic (exact) mass is 242 g/mol. The van der Waals surface area contributed by atoms with Gasteiger partial charge in [-0.3, -0.25) is 0 Å². The summed E-state index contributed by atoms with van der Waals surface area (Å²) in [7, 11) is 0. The van der Waals surface area contributed by atoms with E-state index >= 15 is 0 Å². The van der Waals surface area contributed by atoms with E-state index in [1.54, 1.807) is 0 Å². The van der Waals surface area contributed by atoms with E-state index in [0.717, 1.165) is 23.7 Å². The standard InChI is InChI=1S/C15H18N2O/c1-12-4-3-5-14(10-12)18-9-8-16-15-7-6-13(2)11-17-15/h3-7,10-11H,8-9H2,1-2H3,(H,16,17). The number of aryl methyl sites for hydroxylation is 2. The first-order valence-corrected chi connectivity index (χ1v) is 6.10. The van der Waals surface area contributed by atoms with Crippen molar-refractivity contribution in [3.8, 4) is 5.75 Å². The van der Waals surface area contributed by atoms with Crippen molar-refractivity contribution in [2.24, 2.45) is 0 Å². The molecule has 1 aromatic carbocycles. The second-order valence-corrected chi connectivity index (χ2v) is 4.31. The minimum atomic E-state index is 0.624. The molecule has 0 saturated heterocycles. The number of nitrogens with zero attached hydrogens (tertiary/aromatic N) is 1. The Morgan fingerprint density at radius 2 is 2.00 bits per heavy atom. The van der Waals surface area contributed by atoms with E-state index in [1.165, 1.54) is 5.56 Å². The summed E-state index contributed by atoms with van der Waals surface area (Å²) < 4.78 is 5.64. The lowest BCUT2D eigenvalue weighted by atomic mass is 10.2. The van der Waals surface area contributed by atoms with Crippen LogP contribution in [-0.2, 0) is 0 Å². The summed E-state index contributed by atoms with van der Waals surface area (Å²) in [5.41, 5.74) is 2.37. The second kappa shape index (κ2) is 6.05. The Balaban J connectivity index is 1.74. The molecule has 1 heterocycles. The van der Waals surface area contributed by atoms with Gasteiger partial charge in [-0.2, -0.15) is 0 Å². The maximum atomic E-state index is 5.64. The van der Waals surface area contributed by atoms with Crippen molar-refractivity contribution in [2.45, 2.75) is 13.8 Å². The van der Waals surface area contributed by atoms with Gasteiger partial charge in [0.2, 0.25) is 0 Å². The Morgan fingerprint density at radius 1 is 1.11 bits per heavy atom. The average molecular weight is 242 g/mol. The molecule has 0 aliphatic carbocycles. The molecule has 2 rings (SSSR count). The van der Waals surface area contributed by atoms with Crippen molar-refractivity contribution in [1.29, 1.82) is 0 Å². The summed E-state index contributed by atoms with van der Waals surface area (Å²) in [6, 6.07) is 12.1. The molecule has 94 valence electrons. The van der Waals surface area contributed by atoms with Gasteiger partial charge in [-0.05, 0) is 43.2 Å². The van der Waals surface area contributed by atoms with Crippen LogP contribution in [0.1, 0.15) is 11.1 Å². The highest BCUT2D eigenvalue weighted by Gasteiger charge is 1.95. The molecular weight excluding hydrogens is 224 g/mol. The Kier molecular flexibility index (Phi) is 4.18. The summed E-state index contributed by atoms with van der Waals surface area (Å²) in [6.45, 7) is 5.45.